The van der Waals surface area contributed by atoms with Crippen molar-refractivity contribution in [1.29, 1.82) is 0 Å². The lowest BCUT2D eigenvalue weighted by Crippen LogP contribution is -2.56. The number of phenols is 1. The molecule has 0 bridgehead atoms. The van der Waals surface area contributed by atoms with Crippen LogP contribution in [0.2, 0.25) is 0 Å². The minimum absolute atomic E-state index is 0.0743. The van der Waals surface area contributed by atoms with E-state index in [0.717, 1.165) is 6.08 Å². The Kier molecular flexibility index (Phi) is 4.49. The van der Waals surface area contributed by atoms with Crippen LogP contribution < -0.4 is 5.32 Å². The number of nitrogens with one attached hydrogen (secondary N) is 1. The maximum Gasteiger partial charge on any atom is 0.397 e. The standard InChI is InChI=1S/C20H19F5N2O2/c21-18(22)8-10-27(11-9-18)19(12-4-6-13(28)7-5-12)14-2-1-3-15(20(23,24)25)16(14)26-17(19)29/h1-7,15-16,28H,8-11H2,(H,26,29)/t15?,16?,19-/m1/s1. The number of piperidine rings is 1. The van der Waals surface area contributed by atoms with E-state index < -0.39 is 48.3 Å². The molecule has 3 atom stereocenters. The number of benzene rings is 1. The van der Waals surface area contributed by atoms with Gasteiger partial charge in [-0.05, 0) is 23.3 Å². The SMILES string of the molecule is O=C1NC2C(=CC=CC2C(F)(F)F)[C@@]1(c1ccc(O)cc1)N1CCC(F)(F)CC1. The number of nitrogens with zero attached hydrogens (tertiary/aromatic N) is 1. The molecule has 2 fully saturated rings. The summed E-state index contributed by atoms with van der Waals surface area (Å²) < 4.78 is 68.3. The Labute approximate surface area is 163 Å². The molecule has 2 aliphatic heterocycles. The highest BCUT2D eigenvalue weighted by molar-refractivity contribution is 5.96. The molecule has 1 aliphatic carbocycles. The van der Waals surface area contributed by atoms with E-state index in [9.17, 15) is 31.9 Å². The molecule has 156 valence electrons. The van der Waals surface area contributed by atoms with Crippen LogP contribution in [0.1, 0.15) is 18.4 Å². The number of halogens is 5. The number of allylic oxidation sites excluding steroid dienone is 2. The van der Waals surface area contributed by atoms with Gasteiger partial charge in [-0.2, -0.15) is 13.2 Å². The summed E-state index contributed by atoms with van der Waals surface area (Å²) in [4.78, 5) is 14.8. The van der Waals surface area contributed by atoms with Crippen molar-refractivity contribution in [3.8, 4) is 5.75 Å². The number of amides is 1. The van der Waals surface area contributed by atoms with Gasteiger partial charge in [0.05, 0.1) is 12.0 Å². The third-order valence-corrected chi connectivity index (χ3v) is 5.95. The smallest absolute Gasteiger partial charge is 0.397 e. The summed E-state index contributed by atoms with van der Waals surface area (Å²) in [5.41, 5.74) is -1.12. The molecule has 2 N–H and O–H groups in total. The van der Waals surface area contributed by atoms with Gasteiger partial charge >= 0.3 is 6.18 Å². The van der Waals surface area contributed by atoms with E-state index in [4.69, 9.17) is 0 Å². The number of likely N-dealkylation sites (tertiary alicyclic amines) is 1. The summed E-state index contributed by atoms with van der Waals surface area (Å²) in [6, 6.07) is 4.24. The highest BCUT2D eigenvalue weighted by Crippen LogP contribution is 2.50. The topological polar surface area (TPSA) is 52.6 Å². The van der Waals surface area contributed by atoms with Gasteiger partial charge in [-0.25, -0.2) is 8.78 Å². The fourth-order valence-corrected chi connectivity index (χ4v) is 4.55. The van der Waals surface area contributed by atoms with Gasteiger partial charge in [-0.3, -0.25) is 9.69 Å². The monoisotopic (exact) mass is 414 g/mol. The van der Waals surface area contributed by atoms with Crippen molar-refractivity contribution in [2.75, 3.05) is 13.1 Å². The second-order valence-electron chi connectivity index (χ2n) is 7.63. The van der Waals surface area contributed by atoms with Crippen molar-refractivity contribution in [3.63, 3.8) is 0 Å². The van der Waals surface area contributed by atoms with E-state index in [1.165, 1.54) is 41.3 Å². The van der Waals surface area contributed by atoms with Gasteiger partial charge in [0, 0.05) is 25.9 Å². The van der Waals surface area contributed by atoms with Crippen molar-refractivity contribution in [3.05, 3.63) is 53.6 Å². The second kappa shape index (κ2) is 6.55. The molecule has 2 saturated heterocycles. The molecule has 1 aromatic carbocycles. The first kappa shape index (κ1) is 19.9. The average molecular weight is 414 g/mol. The predicted molar refractivity (Wildman–Crippen MR) is 94.2 cm³/mol. The number of carbonyl (C=O) groups is 1. The van der Waals surface area contributed by atoms with Crippen molar-refractivity contribution in [2.45, 2.75) is 36.5 Å². The fourth-order valence-electron chi connectivity index (χ4n) is 4.55. The van der Waals surface area contributed by atoms with Gasteiger partial charge in [0.15, 0.2) is 0 Å². The number of hydrogen-bond acceptors (Lipinski definition) is 3. The van der Waals surface area contributed by atoms with E-state index in [1.54, 1.807) is 0 Å². The number of fused-ring (bicyclic) bond motifs is 1. The third kappa shape index (κ3) is 3.11. The minimum Gasteiger partial charge on any atom is -0.508 e. The van der Waals surface area contributed by atoms with Crippen LogP contribution in [0.3, 0.4) is 0 Å². The molecular weight excluding hydrogens is 395 g/mol. The van der Waals surface area contributed by atoms with Crippen LogP contribution in [0.15, 0.2) is 48.1 Å². The van der Waals surface area contributed by atoms with E-state index in [1.807, 2.05) is 0 Å². The first-order valence-electron chi connectivity index (χ1n) is 9.25. The summed E-state index contributed by atoms with van der Waals surface area (Å²) in [5.74, 6) is -5.54. The predicted octanol–water partition coefficient (Wildman–Crippen LogP) is 3.49. The molecule has 2 heterocycles. The summed E-state index contributed by atoms with van der Waals surface area (Å²) >= 11 is 0. The van der Waals surface area contributed by atoms with Gasteiger partial charge in [0.1, 0.15) is 11.3 Å². The molecule has 1 amide bonds. The van der Waals surface area contributed by atoms with Gasteiger partial charge < -0.3 is 10.4 Å². The Morgan fingerprint density at radius 2 is 1.72 bits per heavy atom. The molecule has 0 saturated carbocycles. The zero-order chi connectivity index (χ0) is 21.0. The molecule has 3 aliphatic rings. The zero-order valence-corrected chi connectivity index (χ0v) is 15.2. The Morgan fingerprint density at radius 3 is 2.31 bits per heavy atom. The summed E-state index contributed by atoms with van der Waals surface area (Å²) in [6.45, 7) is -0.294. The van der Waals surface area contributed by atoms with Gasteiger partial charge in [0.25, 0.3) is 5.92 Å². The molecule has 4 nitrogen and oxygen atoms in total. The lowest BCUT2D eigenvalue weighted by Gasteiger charge is -2.45. The average Bonchev–Trinajstić information content (AvgIpc) is 2.94. The van der Waals surface area contributed by atoms with Crippen LogP contribution in [-0.4, -0.2) is 47.1 Å². The second-order valence-corrected chi connectivity index (χ2v) is 7.63. The summed E-state index contributed by atoms with van der Waals surface area (Å²) in [5, 5.41) is 12.1. The number of rotatable bonds is 2. The van der Waals surface area contributed by atoms with Gasteiger partial charge in [-0.1, -0.05) is 30.4 Å². The number of hydrogen-bond donors (Lipinski definition) is 2. The maximum atomic E-state index is 13.8. The first-order chi connectivity index (χ1) is 13.6. The fraction of sp³-hybridized carbons (Fsp3) is 0.450. The Bertz CT molecular complexity index is 868. The van der Waals surface area contributed by atoms with Crippen molar-refractivity contribution >= 4 is 5.91 Å². The van der Waals surface area contributed by atoms with Gasteiger partial charge in [0.2, 0.25) is 5.91 Å². The number of carbonyl (C=O) groups excluding carboxylic acids is 1. The highest BCUT2D eigenvalue weighted by atomic mass is 19.4. The van der Waals surface area contributed by atoms with Crippen LogP contribution >= 0.6 is 0 Å². The largest absolute Gasteiger partial charge is 0.508 e. The van der Waals surface area contributed by atoms with Gasteiger partial charge in [-0.15, -0.1) is 0 Å². The lowest BCUT2D eigenvalue weighted by molar-refractivity contribution is -0.165. The lowest BCUT2D eigenvalue weighted by atomic mass is 9.75. The molecule has 0 radical (unpaired) electrons. The minimum atomic E-state index is -4.58. The Morgan fingerprint density at radius 1 is 1.10 bits per heavy atom. The van der Waals surface area contributed by atoms with Crippen molar-refractivity contribution in [2.24, 2.45) is 5.92 Å². The third-order valence-electron chi connectivity index (χ3n) is 5.95. The molecule has 29 heavy (non-hydrogen) atoms. The van der Waals surface area contributed by atoms with E-state index in [0.29, 0.717) is 5.56 Å². The quantitative estimate of drug-likeness (QED) is 0.729. The molecule has 2 unspecified atom stereocenters. The van der Waals surface area contributed by atoms with Crippen molar-refractivity contribution in [1.82, 2.24) is 10.2 Å². The maximum absolute atomic E-state index is 13.8. The highest BCUT2D eigenvalue weighted by Gasteiger charge is 2.61. The normalized spacial score (nSPS) is 31.9. The Hall–Kier alpha value is -2.42. The number of alkyl halides is 5. The number of aromatic hydroxyl groups is 1. The first-order valence-corrected chi connectivity index (χ1v) is 9.25. The van der Waals surface area contributed by atoms with E-state index in [-0.39, 0.29) is 24.4 Å². The van der Waals surface area contributed by atoms with Crippen molar-refractivity contribution < 1.29 is 31.9 Å². The Balaban J connectivity index is 1.85. The molecular formula is C20H19F5N2O2. The molecule has 9 heteroatoms. The summed E-state index contributed by atoms with van der Waals surface area (Å²) in [6.07, 6.45) is -1.84. The van der Waals surface area contributed by atoms with E-state index in [2.05, 4.69) is 5.32 Å². The molecule has 4 rings (SSSR count). The number of phenolic OH excluding ortho intramolecular Hbond substituents is 1. The molecule has 1 aromatic rings. The van der Waals surface area contributed by atoms with Crippen LogP contribution in [0.4, 0.5) is 22.0 Å². The zero-order valence-electron chi connectivity index (χ0n) is 15.2. The summed E-state index contributed by atoms with van der Waals surface area (Å²) in [7, 11) is 0. The van der Waals surface area contributed by atoms with Crippen LogP contribution in [-0.2, 0) is 10.3 Å². The van der Waals surface area contributed by atoms with Crippen LogP contribution in [0, 0.1) is 5.92 Å². The molecule has 0 spiro atoms. The van der Waals surface area contributed by atoms with Crippen LogP contribution in [0.5, 0.6) is 5.75 Å². The van der Waals surface area contributed by atoms with E-state index >= 15 is 0 Å². The van der Waals surface area contributed by atoms with Crippen LogP contribution in [0.25, 0.3) is 0 Å². The molecule has 0 aromatic heterocycles.